The Morgan fingerprint density at radius 2 is 1.95 bits per heavy atom. The third-order valence-corrected chi connectivity index (χ3v) is 4.23. The maximum atomic E-state index is 14.0. The van der Waals surface area contributed by atoms with Crippen LogP contribution in [-0.4, -0.2) is 20.4 Å². The lowest BCUT2D eigenvalue weighted by molar-refractivity contribution is 0.0887. The maximum absolute atomic E-state index is 14.0. The third-order valence-electron chi connectivity index (χ3n) is 3.30. The molecule has 8 heteroatoms. The van der Waals surface area contributed by atoms with Gasteiger partial charge in [0.2, 0.25) is 10.0 Å². The fourth-order valence-corrected chi connectivity index (χ4v) is 2.85. The second kappa shape index (κ2) is 5.10. The molecule has 0 saturated heterocycles. The summed E-state index contributed by atoms with van der Waals surface area (Å²) in [6, 6.07) is 1.26. The lowest BCUT2D eigenvalue weighted by atomic mass is 9.82. The number of benzene rings is 1. The number of rotatable bonds is 3. The van der Waals surface area contributed by atoms with E-state index in [0.29, 0.717) is 18.1 Å². The van der Waals surface area contributed by atoms with E-state index in [9.17, 15) is 22.0 Å². The molecule has 20 heavy (non-hydrogen) atoms. The summed E-state index contributed by atoms with van der Waals surface area (Å²) in [6.45, 7) is 1.99. The molecule has 1 aromatic carbocycles. The average molecular weight is 304 g/mol. The summed E-state index contributed by atoms with van der Waals surface area (Å²) in [5, 5.41) is 7.28. The van der Waals surface area contributed by atoms with Crippen molar-refractivity contribution in [2.24, 2.45) is 11.1 Å². The van der Waals surface area contributed by atoms with E-state index in [1.54, 1.807) is 0 Å². The molecule has 0 atom stereocenters. The van der Waals surface area contributed by atoms with Crippen molar-refractivity contribution in [3.05, 3.63) is 29.3 Å². The summed E-state index contributed by atoms with van der Waals surface area (Å²) in [4.78, 5) is 11.0. The molecule has 2 rings (SSSR count). The topological polar surface area (TPSA) is 89.3 Å². The summed E-state index contributed by atoms with van der Waals surface area (Å²) in [7, 11) is -4.36. The molecule has 0 bridgehead atoms. The highest BCUT2D eigenvalue weighted by molar-refractivity contribution is 7.89. The van der Waals surface area contributed by atoms with Gasteiger partial charge in [0.05, 0.1) is 0 Å². The largest absolute Gasteiger partial charge is 0.349 e. The predicted molar refractivity (Wildman–Crippen MR) is 67.4 cm³/mol. The summed E-state index contributed by atoms with van der Waals surface area (Å²) < 4.78 is 49.9. The van der Waals surface area contributed by atoms with Crippen LogP contribution < -0.4 is 10.5 Å². The van der Waals surface area contributed by atoms with E-state index >= 15 is 0 Å². The molecule has 1 aliphatic rings. The summed E-state index contributed by atoms with van der Waals surface area (Å²) >= 11 is 0. The van der Waals surface area contributed by atoms with Gasteiger partial charge in [-0.3, -0.25) is 4.79 Å². The quantitative estimate of drug-likeness (QED) is 0.877. The van der Waals surface area contributed by atoms with E-state index in [1.165, 1.54) is 0 Å². The monoisotopic (exact) mass is 304 g/mol. The number of carbonyl (C=O) groups is 1. The molecular weight excluding hydrogens is 290 g/mol. The van der Waals surface area contributed by atoms with Gasteiger partial charge in [-0.15, -0.1) is 0 Å². The molecule has 1 fully saturated rings. The molecule has 0 aromatic heterocycles. The molecule has 0 heterocycles. The van der Waals surface area contributed by atoms with Crippen molar-refractivity contribution >= 4 is 15.9 Å². The highest BCUT2D eigenvalue weighted by Gasteiger charge is 2.30. The van der Waals surface area contributed by atoms with Gasteiger partial charge in [0.15, 0.2) is 5.82 Å². The van der Waals surface area contributed by atoms with Crippen molar-refractivity contribution in [2.75, 3.05) is 0 Å². The standard InChI is InChI=1S/C12H14F2N2O3S/c1-6-4-7(5-6)16-12(17)10-8(13)2-3-9(11(10)14)20(15,18)19/h2-3,6-7H,4-5H2,1H3,(H,16,17)(H2,15,18,19). The van der Waals surface area contributed by atoms with Crippen LogP contribution in [0.1, 0.15) is 30.1 Å². The van der Waals surface area contributed by atoms with E-state index in [0.717, 1.165) is 12.8 Å². The Hall–Kier alpha value is -1.54. The summed E-state index contributed by atoms with van der Waals surface area (Å²) in [6.07, 6.45) is 1.45. The van der Waals surface area contributed by atoms with Crippen LogP contribution in [0.3, 0.4) is 0 Å². The van der Waals surface area contributed by atoms with Gasteiger partial charge < -0.3 is 5.32 Å². The summed E-state index contributed by atoms with van der Waals surface area (Å²) in [5.41, 5.74) is -0.920. The molecule has 1 aromatic rings. The molecule has 1 saturated carbocycles. The molecule has 1 amide bonds. The van der Waals surface area contributed by atoms with E-state index in [2.05, 4.69) is 5.32 Å². The third kappa shape index (κ3) is 2.80. The second-order valence-corrected chi connectivity index (χ2v) is 6.56. The van der Waals surface area contributed by atoms with Crippen molar-refractivity contribution in [1.29, 1.82) is 0 Å². The molecule has 0 unspecified atom stereocenters. The van der Waals surface area contributed by atoms with Gasteiger partial charge >= 0.3 is 0 Å². The first-order valence-electron chi connectivity index (χ1n) is 6.01. The van der Waals surface area contributed by atoms with Crippen molar-refractivity contribution in [1.82, 2.24) is 5.32 Å². The minimum Gasteiger partial charge on any atom is -0.349 e. The van der Waals surface area contributed by atoms with Gasteiger partial charge in [-0.2, -0.15) is 0 Å². The van der Waals surface area contributed by atoms with Crippen LogP contribution in [0, 0.1) is 17.6 Å². The molecule has 0 spiro atoms. The Morgan fingerprint density at radius 1 is 1.35 bits per heavy atom. The minimum absolute atomic E-state index is 0.144. The lowest BCUT2D eigenvalue weighted by Crippen LogP contribution is -2.44. The van der Waals surface area contributed by atoms with Crippen LogP contribution in [0.25, 0.3) is 0 Å². The van der Waals surface area contributed by atoms with Crippen molar-refractivity contribution in [2.45, 2.75) is 30.7 Å². The van der Waals surface area contributed by atoms with E-state index in [-0.39, 0.29) is 6.04 Å². The Kier molecular flexibility index (Phi) is 3.79. The Labute approximate surface area is 115 Å². The molecule has 5 nitrogen and oxygen atoms in total. The van der Waals surface area contributed by atoms with E-state index < -0.39 is 38.0 Å². The van der Waals surface area contributed by atoms with Crippen LogP contribution in [0.2, 0.25) is 0 Å². The zero-order valence-electron chi connectivity index (χ0n) is 10.7. The fraction of sp³-hybridized carbons (Fsp3) is 0.417. The van der Waals surface area contributed by atoms with Crippen LogP contribution in [0.15, 0.2) is 17.0 Å². The number of amides is 1. The lowest BCUT2D eigenvalue weighted by Gasteiger charge is -2.33. The highest BCUT2D eigenvalue weighted by atomic mass is 32.2. The maximum Gasteiger partial charge on any atom is 0.257 e. The van der Waals surface area contributed by atoms with Gasteiger partial charge in [-0.25, -0.2) is 22.3 Å². The number of hydrogen-bond acceptors (Lipinski definition) is 3. The molecule has 0 radical (unpaired) electrons. The van der Waals surface area contributed by atoms with Gasteiger partial charge in [0, 0.05) is 6.04 Å². The zero-order valence-corrected chi connectivity index (χ0v) is 11.5. The van der Waals surface area contributed by atoms with Crippen molar-refractivity contribution in [3.8, 4) is 0 Å². The average Bonchev–Trinajstić information content (AvgIpc) is 2.24. The molecule has 0 aliphatic heterocycles. The van der Waals surface area contributed by atoms with Gasteiger partial charge in [0.25, 0.3) is 5.91 Å². The molecule has 110 valence electrons. The number of carbonyl (C=O) groups excluding carboxylic acids is 1. The fourth-order valence-electron chi connectivity index (χ4n) is 2.24. The second-order valence-electron chi connectivity index (χ2n) is 5.03. The molecular formula is C12H14F2N2O3S. The van der Waals surface area contributed by atoms with E-state index in [1.807, 2.05) is 6.92 Å². The Balaban J connectivity index is 2.33. The van der Waals surface area contributed by atoms with Crippen molar-refractivity contribution in [3.63, 3.8) is 0 Å². The first kappa shape index (κ1) is 14.9. The SMILES string of the molecule is CC1CC(NC(=O)c2c(F)ccc(S(N)(=O)=O)c2F)C1. The van der Waals surface area contributed by atoms with Crippen LogP contribution in [0.5, 0.6) is 0 Å². The van der Waals surface area contributed by atoms with Gasteiger partial charge in [-0.1, -0.05) is 6.92 Å². The predicted octanol–water partition coefficient (Wildman–Crippen LogP) is 1.14. The van der Waals surface area contributed by atoms with Gasteiger partial charge in [-0.05, 0) is 30.9 Å². The first-order valence-corrected chi connectivity index (χ1v) is 7.56. The number of primary sulfonamides is 1. The van der Waals surface area contributed by atoms with Crippen LogP contribution in [0.4, 0.5) is 8.78 Å². The normalized spacial score (nSPS) is 22.2. The number of sulfonamides is 1. The van der Waals surface area contributed by atoms with Gasteiger partial charge in [0.1, 0.15) is 16.3 Å². The molecule has 3 N–H and O–H groups in total. The van der Waals surface area contributed by atoms with Crippen LogP contribution in [-0.2, 0) is 10.0 Å². The number of nitrogens with two attached hydrogens (primary N) is 1. The highest BCUT2D eigenvalue weighted by Crippen LogP contribution is 2.27. The van der Waals surface area contributed by atoms with Crippen molar-refractivity contribution < 1.29 is 22.0 Å². The van der Waals surface area contributed by atoms with E-state index in [4.69, 9.17) is 5.14 Å². The number of hydrogen-bond donors (Lipinski definition) is 2. The Morgan fingerprint density at radius 3 is 2.45 bits per heavy atom. The summed E-state index contributed by atoms with van der Waals surface area (Å²) in [5.74, 6) is -3.11. The Bertz CT molecular complexity index is 655. The van der Waals surface area contributed by atoms with Crippen LogP contribution >= 0.6 is 0 Å². The zero-order chi connectivity index (χ0) is 15.1. The minimum atomic E-state index is -4.36. The molecule has 1 aliphatic carbocycles. The number of halogens is 2. The first-order chi connectivity index (χ1) is 9.20. The number of nitrogens with one attached hydrogen (secondary N) is 1. The smallest absolute Gasteiger partial charge is 0.257 e.